The fourth-order valence-corrected chi connectivity index (χ4v) is 3.95. The van der Waals surface area contributed by atoms with E-state index in [0.29, 0.717) is 30.2 Å². The Morgan fingerprint density at radius 1 is 0.939 bits per heavy atom. The second-order valence-electron chi connectivity index (χ2n) is 8.73. The van der Waals surface area contributed by atoms with Crippen molar-refractivity contribution in [2.75, 3.05) is 25.0 Å². The van der Waals surface area contributed by atoms with Crippen LogP contribution in [-0.2, 0) is 20.7 Å². The monoisotopic (exact) mass is 450 g/mol. The number of carbonyl (C=O) groups is 3. The van der Waals surface area contributed by atoms with Crippen molar-refractivity contribution in [3.8, 4) is 0 Å². The van der Waals surface area contributed by atoms with Gasteiger partial charge in [-0.1, -0.05) is 49.4 Å². The number of para-hydroxylation sites is 1. The lowest BCUT2D eigenvalue weighted by Crippen LogP contribution is -2.38. The van der Waals surface area contributed by atoms with E-state index in [0.717, 1.165) is 38.8 Å². The zero-order valence-corrected chi connectivity index (χ0v) is 19.4. The molecule has 0 unspecified atom stereocenters. The molecule has 0 saturated carbocycles. The van der Waals surface area contributed by atoms with E-state index in [2.05, 4.69) is 24.4 Å². The second kappa shape index (κ2) is 12.8. The van der Waals surface area contributed by atoms with Crippen molar-refractivity contribution in [1.29, 1.82) is 0 Å². The van der Waals surface area contributed by atoms with Crippen LogP contribution in [0.15, 0.2) is 54.6 Å². The molecule has 2 aromatic carbocycles. The van der Waals surface area contributed by atoms with Crippen molar-refractivity contribution in [2.24, 2.45) is 5.92 Å². The molecule has 1 fully saturated rings. The third-order valence-corrected chi connectivity index (χ3v) is 6.00. The summed E-state index contributed by atoms with van der Waals surface area (Å²) in [5.74, 6) is 0.0987. The molecule has 1 heterocycles. The summed E-state index contributed by atoms with van der Waals surface area (Å²) >= 11 is 0. The first kappa shape index (κ1) is 24.5. The highest BCUT2D eigenvalue weighted by Crippen LogP contribution is 2.22. The number of likely N-dealkylation sites (tertiary alicyclic amines) is 1. The van der Waals surface area contributed by atoms with Gasteiger partial charge in [0.25, 0.3) is 5.91 Å². The minimum absolute atomic E-state index is 0.0446. The molecular formula is C27H34N2O4. The maximum absolute atomic E-state index is 12.9. The van der Waals surface area contributed by atoms with Gasteiger partial charge < -0.3 is 15.0 Å². The van der Waals surface area contributed by atoms with Crippen molar-refractivity contribution in [3.05, 3.63) is 65.7 Å². The van der Waals surface area contributed by atoms with Gasteiger partial charge in [0.1, 0.15) is 0 Å². The summed E-state index contributed by atoms with van der Waals surface area (Å²) in [7, 11) is 0. The second-order valence-corrected chi connectivity index (χ2v) is 8.73. The first-order chi connectivity index (χ1) is 16.0. The van der Waals surface area contributed by atoms with Crippen LogP contribution in [0.25, 0.3) is 0 Å². The molecule has 1 aliphatic heterocycles. The zero-order valence-electron chi connectivity index (χ0n) is 19.4. The minimum atomic E-state index is -0.286. The first-order valence-electron chi connectivity index (χ1n) is 11.9. The molecule has 6 nitrogen and oxygen atoms in total. The largest absolute Gasteiger partial charge is 0.466 e. The van der Waals surface area contributed by atoms with Crippen LogP contribution in [0.2, 0.25) is 0 Å². The number of piperidine rings is 1. The smallest absolute Gasteiger partial charge is 0.305 e. The molecule has 1 saturated heterocycles. The van der Waals surface area contributed by atoms with Crippen LogP contribution in [0, 0.1) is 5.92 Å². The molecule has 0 spiro atoms. The lowest BCUT2D eigenvalue weighted by atomic mass is 9.98. The van der Waals surface area contributed by atoms with Crippen LogP contribution in [-0.4, -0.2) is 42.4 Å². The molecule has 0 atom stereocenters. The number of anilines is 1. The molecule has 2 aromatic rings. The summed E-state index contributed by atoms with van der Waals surface area (Å²) in [6.45, 7) is 4.08. The third-order valence-electron chi connectivity index (χ3n) is 6.00. The van der Waals surface area contributed by atoms with Gasteiger partial charge in [0.15, 0.2) is 0 Å². The van der Waals surface area contributed by atoms with Gasteiger partial charge >= 0.3 is 5.97 Å². The van der Waals surface area contributed by atoms with Gasteiger partial charge in [0, 0.05) is 25.9 Å². The summed E-state index contributed by atoms with van der Waals surface area (Å²) in [5, 5.41) is 2.84. The molecule has 0 aromatic heterocycles. The summed E-state index contributed by atoms with van der Waals surface area (Å²) in [5.41, 5.74) is 2.26. The maximum Gasteiger partial charge on any atom is 0.305 e. The molecular weight excluding hydrogens is 416 g/mol. The number of rotatable bonds is 10. The fraction of sp³-hybridized carbons (Fsp3) is 0.444. The first-order valence-corrected chi connectivity index (χ1v) is 11.9. The molecule has 6 heteroatoms. The predicted molar refractivity (Wildman–Crippen MR) is 129 cm³/mol. The Kier molecular flexibility index (Phi) is 9.48. The van der Waals surface area contributed by atoms with Crippen LogP contribution in [0.3, 0.4) is 0 Å². The van der Waals surface area contributed by atoms with Crippen LogP contribution in [0.5, 0.6) is 0 Å². The van der Waals surface area contributed by atoms with Gasteiger partial charge in [-0.3, -0.25) is 14.4 Å². The number of nitrogens with one attached hydrogen (secondary N) is 1. The number of amides is 2. The number of esters is 1. The molecule has 2 amide bonds. The van der Waals surface area contributed by atoms with Crippen LogP contribution in [0.4, 0.5) is 5.69 Å². The molecule has 3 rings (SSSR count). The van der Waals surface area contributed by atoms with Gasteiger partial charge in [0.05, 0.1) is 17.9 Å². The molecule has 176 valence electrons. The highest BCUT2D eigenvalue weighted by atomic mass is 16.5. The van der Waals surface area contributed by atoms with E-state index in [4.69, 9.17) is 4.74 Å². The normalized spacial score (nSPS) is 14.0. The van der Waals surface area contributed by atoms with Gasteiger partial charge in [0.2, 0.25) is 5.91 Å². The van der Waals surface area contributed by atoms with Gasteiger partial charge in [-0.2, -0.15) is 0 Å². The molecule has 0 radical (unpaired) electrons. The topological polar surface area (TPSA) is 75.7 Å². The van der Waals surface area contributed by atoms with E-state index in [-0.39, 0.29) is 30.6 Å². The van der Waals surface area contributed by atoms with E-state index in [1.807, 2.05) is 29.2 Å². The maximum atomic E-state index is 12.9. The number of benzene rings is 2. The fourth-order valence-electron chi connectivity index (χ4n) is 3.95. The third kappa shape index (κ3) is 8.04. The molecule has 1 N–H and O–H groups in total. The van der Waals surface area contributed by atoms with Crippen LogP contribution >= 0.6 is 0 Å². The van der Waals surface area contributed by atoms with E-state index < -0.39 is 0 Å². The minimum Gasteiger partial charge on any atom is -0.466 e. The SMILES string of the molecule is CC1CCN(C(=O)c2ccccc2NC(=O)CCCC(=O)OCCCc2ccccc2)CC1. The number of aryl methyl sites for hydroxylation is 1. The Bertz CT molecular complexity index is 921. The van der Waals surface area contributed by atoms with Crippen molar-refractivity contribution in [1.82, 2.24) is 4.90 Å². The van der Waals surface area contributed by atoms with E-state index in [9.17, 15) is 14.4 Å². The van der Waals surface area contributed by atoms with Crippen molar-refractivity contribution in [2.45, 2.75) is 51.9 Å². The van der Waals surface area contributed by atoms with Crippen LogP contribution < -0.4 is 5.32 Å². The number of nitrogens with zero attached hydrogens (tertiary/aromatic N) is 1. The van der Waals surface area contributed by atoms with Gasteiger partial charge in [-0.25, -0.2) is 0 Å². The standard InChI is InChI=1S/C27H34N2O4/c1-21-16-18-29(19-17-21)27(32)23-12-5-6-13-24(23)28-25(30)14-7-15-26(31)33-20-8-11-22-9-3-2-4-10-22/h2-6,9-10,12-13,21H,7-8,11,14-20H2,1H3,(H,28,30). The number of carbonyl (C=O) groups excluding carboxylic acids is 3. The Balaban J connectivity index is 1.37. The quantitative estimate of drug-likeness (QED) is 0.415. The lowest BCUT2D eigenvalue weighted by molar-refractivity contribution is -0.143. The number of hydrogen-bond acceptors (Lipinski definition) is 4. The summed E-state index contributed by atoms with van der Waals surface area (Å²) in [6.07, 6.45) is 4.45. The van der Waals surface area contributed by atoms with E-state index in [1.165, 1.54) is 5.56 Å². The molecule has 1 aliphatic rings. The average molecular weight is 451 g/mol. The molecule has 0 aliphatic carbocycles. The zero-order chi connectivity index (χ0) is 23.5. The number of hydrogen-bond donors (Lipinski definition) is 1. The Morgan fingerprint density at radius 2 is 1.64 bits per heavy atom. The van der Waals surface area contributed by atoms with Crippen molar-refractivity contribution < 1.29 is 19.1 Å². The van der Waals surface area contributed by atoms with Crippen molar-refractivity contribution in [3.63, 3.8) is 0 Å². The Labute approximate surface area is 196 Å². The van der Waals surface area contributed by atoms with E-state index >= 15 is 0 Å². The molecule has 33 heavy (non-hydrogen) atoms. The lowest BCUT2D eigenvalue weighted by Gasteiger charge is -2.30. The van der Waals surface area contributed by atoms with E-state index in [1.54, 1.807) is 18.2 Å². The number of ether oxygens (including phenoxy) is 1. The summed E-state index contributed by atoms with van der Waals surface area (Å²) in [4.78, 5) is 39.1. The Morgan fingerprint density at radius 3 is 2.39 bits per heavy atom. The molecule has 0 bridgehead atoms. The van der Waals surface area contributed by atoms with Gasteiger partial charge in [-0.05, 0) is 55.7 Å². The predicted octanol–water partition coefficient (Wildman–Crippen LogP) is 4.84. The highest BCUT2D eigenvalue weighted by Gasteiger charge is 2.23. The Hall–Kier alpha value is -3.15. The van der Waals surface area contributed by atoms with Crippen molar-refractivity contribution >= 4 is 23.5 Å². The summed E-state index contributed by atoms with van der Waals surface area (Å²) in [6, 6.07) is 17.2. The summed E-state index contributed by atoms with van der Waals surface area (Å²) < 4.78 is 5.27. The highest BCUT2D eigenvalue weighted by molar-refractivity contribution is 6.03. The average Bonchev–Trinajstić information content (AvgIpc) is 2.83. The van der Waals surface area contributed by atoms with Gasteiger partial charge in [-0.15, -0.1) is 0 Å². The van der Waals surface area contributed by atoms with Crippen LogP contribution in [0.1, 0.15) is 61.4 Å².